The van der Waals surface area contributed by atoms with Crippen molar-refractivity contribution in [1.29, 1.82) is 0 Å². The minimum absolute atomic E-state index is 0.0102. The highest BCUT2D eigenvalue weighted by Gasteiger charge is 2.44. The lowest BCUT2D eigenvalue weighted by atomic mass is 9.98. The third-order valence-electron chi connectivity index (χ3n) is 5.09. The molecule has 0 aliphatic carbocycles. The van der Waals surface area contributed by atoms with Crippen LogP contribution in [0.2, 0.25) is 5.02 Å². The normalized spacial score (nSPS) is 15.9. The number of carbonyl (C=O) groups excluding carboxylic acids is 1. The van der Waals surface area contributed by atoms with Crippen molar-refractivity contribution in [3.8, 4) is 0 Å². The second-order valence-corrected chi connectivity index (χ2v) is 7.54. The highest BCUT2D eigenvalue weighted by Crippen LogP contribution is 2.41. The van der Waals surface area contributed by atoms with E-state index in [0.29, 0.717) is 27.6 Å². The summed E-state index contributed by atoms with van der Waals surface area (Å²) in [4.78, 5) is 28.2. The fourth-order valence-corrected chi connectivity index (χ4v) is 3.88. The van der Waals surface area contributed by atoms with Crippen molar-refractivity contribution in [2.45, 2.75) is 19.9 Å². The smallest absolute Gasteiger partial charge is 0.296 e. The number of fused-ring (bicyclic) bond motifs is 2. The number of amides is 1. The molecule has 0 saturated heterocycles. The Balaban J connectivity index is 1.83. The van der Waals surface area contributed by atoms with Crippen molar-refractivity contribution >= 4 is 34.3 Å². The van der Waals surface area contributed by atoms with Gasteiger partial charge in [0, 0.05) is 11.1 Å². The van der Waals surface area contributed by atoms with Gasteiger partial charge in [-0.2, -0.15) is 0 Å². The number of halogens is 1. The van der Waals surface area contributed by atoms with Gasteiger partial charge in [-0.3, -0.25) is 14.5 Å². The SMILES string of the molecule is Cc1ccc(C2c3c(oc4ccc(Cl)cc4c3=O)C(=O)N2c2cc(C)on2)cc1. The van der Waals surface area contributed by atoms with Crippen molar-refractivity contribution in [3.63, 3.8) is 0 Å². The molecule has 4 aromatic rings. The standard InChI is InChI=1S/C22H15ClN2O4/c1-11-3-5-13(6-4-11)19-18-20(26)15-10-14(23)7-8-16(15)28-21(18)22(27)25(19)17-9-12(2)29-24-17/h3-10,19H,1-2H3. The molecule has 5 rings (SSSR count). The molecule has 0 fully saturated rings. The second-order valence-electron chi connectivity index (χ2n) is 7.10. The van der Waals surface area contributed by atoms with Gasteiger partial charge in [0.2, 0.25) is 5.76 Å². The molecule has 1 atom stereocenters. The Morgan fingerprint density at radius 2 is 1.79 bits per heavy atom. The van der Waals surface area contributed by atoms with E-state index in [1.807, 2.05) is 31.2 Å². The second kappa shape index (κ2) is 6.32. The zero-order valence-electron chi connectivity index (χ0n) is 15.6. The molecule has 0 spiro atoms. The number of hydrogen-bond acceptors (Lipinski definition) is 5. The summed E-state index contributed by atoms with van der Waals surface area (Å²) in [6, 6.07) is 13.4. The maximum atomic E-state index is 13.4. The van der Waals surface area contributed by atoms with E-state index in [0.717, 1.165) is 11.1 Å². The van der Waals surface area contributed by atoms with Crippen LogP contribution in [0.1, 0.15) is 39.0 Å². The first-order chi connectivity index (χ1) is 13.9. The number of anilines is 1. The van der Waals surface area contributed by atoms with Gasteiger partial charge in [0.1, 0.15) is 11.3 Å². The average Bonchev–Trinajstić information content (AvgIpc) is 3.25. The predicted octanol–water partition coefficient (Wildman–Crippen LogP) is 4.80. The molecule has 144 valence electrons. The van der Waals surface area contributed by atoms with Crippen LogP contribution in [-0.4, -0.2) is 11.1 Å². The number of aromatic nitrogens is 1. The summed E-state index contributed by atoms with van der Waals surface area (Å²) in [5, 5.41) is 4.76. The van der Waals surface area contributed by atoms with Crippen molar-refractivity contribution in [1.82, 2.24) is 5.16 Å². The summed E-state index contributed by atoms with van der Waals surface area (Å²) in [6.45, 7) is 3.71. The van der Waals surface area contributed by atoms with Gasteiger partial charge in [-0.25, -0.2) is 0 Å². The van der Waals surface area contributed by atoms with Gasteiger partial charge < -0.3 is 8.94 Å². The van der Waals surface area contributed by atoms with Gasteiger partial charge in [0.25, 0.3) is 5.91 Å². The summed E-state index contributed by atoms with van der Waals surface area (Å²) in [6.07, 6.45) is 0. The third-order valence-corrected chi connectivity index (χ3v) is 5.32. The van der Waals surface area contributed by atoms with E-state index in [9.17, 15) is 9.59 Å². The molecular formula is C22H15ClN2O4. The van der Waals surface area contributed by atoms with E-state index in [2.05, 4.69) is 5.16 Å². The molecule has 7 heteroatoms. The lowest BCUT2D eigenvalue weighted by Gasteiger charge is -2.22. The van der Waals surface area contributed by atoms with E-state index in [4.69, 9.17) is 20.5 Å². The van der Waals surface area contributed by atoms with Crippen LogP contribution in [0.5, 0.6) is 0 Å². The van der Waals surface area contributed by atoms with Crippen LogP contribution < -0.4 is 10.3 Å². The van der Waals surface area contributed by atoms with Crippen molar-refractivity contribution in [2.75, 3.05) is 4.90 Å². The molecule has 1 aliphatic rings. The number of benzene rings is 2. The Bertz CT molecular complexity index is 1340. The van der Waals surface area contributed by atoms with Gasteiger partial charge in [0.05, 0.1) is 17.0 Å². The Morgan fingerprint density at radius 3 is 2.48 bits per heavy atom. The topological polar surface area (TPSA) is 76.6 Å². The van der Waals surface area contributed by atoms with E-state index >= 15 is 0 Å². The Hall–Kier alpha value is -3.38. The number of aryl methyl sites for hydroxylation is 2. The Morgan fingerprint density at radius 1 is 1.03 bits per heavy atom. The van der Waals surface area contributed by atoms with Crippen LogP contribution >= 0.6 is 11.6 Å². The zero-order valence-corrected chi connectivity index (χ0v) is 16.4. The van der Waals surface area contributed by atoms with Crippen LogP contribution in [0.25, 0.3) is 11.0 Å². The quantitative estimate of drug-likeness (QED) is 0.478. The number of rotatable bonds is 2. The molecule has 1 unspecified atom stereocenters. The molecule has 0 N–H and O–H groups in total. The first-order valence-electron chi connectivity index (χ1n) is 9.04. The van der Waals surface area contributed by atoms with Crippen molar-refractivity contribution < 1.29 is 13.7 Å². The maximum absolute atomic E-state index is 13.4. The molecule has 6 nitrogen and oxygen atoms in total. The molecule has 0 bridgehead atoms. The summed E-state index contributed by atoms with van der Waals surface area (Å²) >= 11 is 6.09. The highest BCUT2D eigenvalue weighted by atomic mass is 35.5. The summed E-state index contributed by atoms with van der Waals surface area (Å²) in [5.41, 5.74) is 2.14. The Labute approximate surface area is 170 Å². The lowest BCUT2D eigenvalue weighted by molar-refractivity contribution is 0.0969. The maximum Gasteiger partial charge on any atom is 0.296 e. The molecule has 2 aromatic carbocycles. The molecule has 29 heavy (non-hydrogen) atoms. The van der Waals surface area contributed by atoms with Gasteiger partial charge in [-0.1, -0.05) is 46.6 Å². The van der Waals surface area contributed by atoms with Crippen LogP contribution in [0.15, 0.2) is 62.3 Å². The monoisotopic (exact) mass is 406 g/mol. The average molecular weight is 407 g/mol. The largest absolute Gasteiger partial charge is 0.450 e. The van der Waals surface area contributed by atoms with E-state index in [1.165, 1.54) is 4.90 Å². The van der Waals surface area contributed by atoms with E-state index in [1.54, 1.807) is 31.2 Å². The molecule has 3 heterocycles. The van der Waals surface area contributed by atoms with Crippen molar-refractivity contribution in [2.24, 2.45) is 0 Å². The minimum Gasteiger partial charge on any atom is -0.450 e. The summed E-state index contributed by atoms with van der Waals surface area (Å²) in [7, 11) is 0. The van der Waals surface area contributed by atoms with Crippen LogP contribution in [0, 0.1) is 13.8 Å². The van der Waals surface area contributed by atoms with Gasteiger partial charge in [-0.05, 0) is 37.6 Å². The molecule has 0 saturated carbocycles. The van der Waals surface area contributed by atoms with Gasteiger partial charge in [-0.15, -0.1) is 0 Å². The van der Waals surface area contributed by atoms with Crippen LogP contribution in [-0.2, 0) is 0 Å². The summed E-state index contributed by atoms with van der Waals surface area (Å²) in [5.74, 6) is 0.456. The number of carbonyl (C=O) groups is 1. The lowest BCUT2D eigenvalue weighted by Crippen LogP contribution is -2.29. The zero-order chi connectivity index (χ0) is 20.3. The fraction of sp³-hybridized carbons (Fsp3) is 0.136. The van der Waals surface area contributed by atoms with Crippen LogP contribution in [0.4, 0.5) is 5.82 Å². The number of nitrogens with zero attached hydrogens (tertiary/aromatic N) is 2. The molecule has 0 radical (unpaired) electrons. The third kappa shape index (κ3) is 2.68. The van der Waals surface area contributed by atoms with Crippen molar-refractivity contribution in [3.05, 3.63) is 92.0 Å². The van der Waals surface area contributed by atoms with E-state index in [-0.39, 0.29) is 16.8 Å². The number of hydrogen-bond donors (Lipinski definition) is 0. The fourth-order valence-electron chi connectivity index (χ4n) is 3.71. The van der Waals surface area contributed by atoms with Crippen LogP contribution in [0.3, 0.4) is 0 Å². The minimum atomic E-state index is -0.678. The predicted molar refractivity (Wildman–Crippen MR) is 109 cm³/mol. The Kier molecular flexibility index (Phi) is 3.86. The first-order valence-corrected chi connectivity index (χ1v) is 9.41. The highest BCUT2D eigenvalue weighted by molar-refractivity contribution is 6.31. The summed E-state index contributed by atoms with van der Waals surface area (Å²) < 4.78 is 11.1. The molecule has 2 aromatic heterocycles. The molecular weight excluding hydrogens is 392 g/mol. The van der Waals surface area contributed by atoms with Gasteiger partial charge >= 0.3 is 0 Å². The van der Waals surface area contributed by atoms with Gasteiger partial charge in [0.15, 0.2) is 11.2 Å². The first kappa shape index (κ1) is 17.7. The molecule has 1 amide bonds. The van der Waals surface area contributed by atoms with E-state index < -0.39 is 11.9 Å². The molecule has 1 aliphatic heterocycles.